The minimum Gasteiger partial charge on any atom is -0.478 e. The molecule has 0 bridgehead atoms. The van der Waals surface area contributed by atoms with Crippen molar-refractivity contribution in [2.75, 3.05) is 18.5 Å². The van der Waals surface area contributed by atoms with Crippen molar-refractivity contribution >= 4 is 5.69 Å². The van der Waals surface area contributed by atoms with Crippen LogP contribution in [0.5, 0.6) is 5.88 Å². The van der Waals surface area contributed by atoms with Gasteiger partial charge in [-0.2, -0.15) is 0 Å². The number of hydrogen-bond donors (Lipinski definition) is 1. The van der Waals surface area contributed by atoms with Gasteiger partial charge in [-0.05, 0) is 32.8 Å². The lowest BCUT2D eigenvalue weighted by atomic mass is 10.0. The SMILES string of the molecule is CCOc1ccc(NC2CCOC(C)C2)cn1. The first-order chi connectivity index (χ1) is 8.28. The van der Waals surface area contributed by atoms with Crippen molar-refractivity contribution in [2.45, 2.75) is 38.8 Å². The molecule has 0 radical (unpaired) electrons. The van der Waals surface area contributed by atoms with Crippen molar-refractivity contribution in [3.8, 4) is 5.88 Å². The van der Waals surface area contributed by atoms with Crippen molar-refractivity contribution in [3.63, 3.8) is 0 Å². The fourth-order valence-electron chi connectivity index (χ4n) is 2.06. The van der Waals surface area contributed by atoms with Gasteiger partial charge >= 0.3 is 0 Å². The third-order valence-corrected chi connectivity index (χ3v) is 2.88. The molecule has 94 valence electrons. The Morgan fingerprint density at radius 1 is 1.53 bits per heavy atom. The van der Waals surface area contributed by atoms with Crippen LogP contribution in [-0.4, -0.2) is 30.3 Å². The van der Waals surface area contributed by atoms with E-state index in [1.54, 1.807) is 0 Å². The van der Waals surface area contributed by atoms with Gasteiger partial charge in [-0.3, -0.25) is 0 Å². The lowest BCUT2D eigenvalue weighted by Crippen LogP contribution is -2.32. The summed E-state index contributed by atoms with van der Waals surface area (Å²) in [6.45, 7) is 5.56. The third kappa shape index (κ3) is 3.60. The largest absolute Gasteiger partial charge is 0.478 e. The molecule has 1 saturated heterocycles. The Labute approximate surface area is 102 Å². The number of rotatable bonds is 4. The molecule has 1 N–H and O–H groups in total. The quantitative estimate of drug-likeness (QED) is 0.872. The Kier molecular flexibility index (Phi) is 4.20. The first-order valence-electron chi connectivity index (χ1n) is 6.25. The average molecular weight is 236 g/mol. The molecule has 1 fully saturated rings. The molecule has 17 heavy (non-hydrogen) atoms. The van der Waals surface area contributed by atoms with E-state index in [0.717, 1.165) is 25.1 Å². The smallest absolute Gasteiger partial charge is 0.213 e. The Morgan fingerprint density at radius 2 is 2.41 bits per heavy atom. The summed E-state index contributed by atoms with van der Waals surface area (Å²) < 4.78 is 10.8. The van der Waals surface area contributed by atoms with Crippen LogP contribution < -0.4 is 10.1 Å². The summed E-state index contributed by atoms with van der Waals surface area (Å²) in [7, 11) is 0. The molecule has 2 unspecified atom stereocenters. The molecule has 1 aromatic rings. The van der Waals surface area contributed by atoms with Gasteiger partial charge in [0.05, 0.1) is 24.6 Å². The normalized spacial score (nSPS) is 24.4. The average Bonchev–Trinajstić information content (AvgIpc) is 2.32. The second kappa shape index (κ2) is 5.87. The number of nitrogens with one attached hydrogen (secondary N) is 1. The van der Waals surface area contributed by atoms with E-state index in [9.17, 15) is 0 Å². The standard InChI is InChI=1S/C13H20N2O2/c1-3-16-13-5-4-12(9-14-13)15-11-6-7-17-10(2)8-11/h4-5,9-11,15H,3,6-8H2,1-2H3. The zero-order chi connectivity index (χ0) is 12.1. The van der Waals surface area contributed by atoms with Gasteiger partial charge in [-0.15, -0.1) is 0 Å². The maximum atomic E-state index is 5.52. The summed E-state index contributed by atoms with van der Waals surface area (Å²) in [6.07, 6.45) is 4.27. The second-order valence-corrected chi connectivity index (χ2v) is 4.37. The molecule has 0 amide bonds. The first kappa shape index (κ1) is 12.2. The van der Waals surface area contributed by atoms with E-state index >= 15 is 0 Å². The topological polar surface area (TPSA) is 43.4 Å². The van der Waals surface area contributed by atoms with E-state index in [-0.39, 0.29) is 0 Å². The number of aromatic nitrogens is 1. The molecule has 0 aliphatic carbocycles. The number of pyridine rings is 1. The Balaban J connectivity index is 1.89. The molecule has 0 aromatic carbocycles. The van der Waals surface area contributed by atoms with E-state index < -0.39 is 0 Å². The second-order valence-electron chi connectivity index (χ2n) is 4.37. The molecular formula is C13H20N2O2. The van der Waals surface area contributed by atoms with E-state index in [1.807, 2.05) is 25.3 Å². The number of hydrogen-bond acceptors (Lipinski definition) is 4. The van der Waals surface area contributed by atoms with Crippen molar-refractivity contribution in [1.82, 2.24) is 4.98 Å². The summed E-state index contributed by atoms with van der Waals surface area (Å²) in [5.41, 5.74) is 1.05. The Hall–Kier alpha value is -1.29. The van der Waals surface area contributed by atoms with Crippen molar-refractivity contribution < 1.29 is 9.47 Å². The first-order valence-corrected chi connectivity index (χ1v) is 6.25. The zero-order valence-corrected chi connectivity index (χ0v) is 10.5. The highest BCUT2D eigenvalue weighted by atomic mass is 16.5. The van der Waals surface area contributed by atoms with Gasteiger partial charge in [0.15, 0.2) is 0 Å². The molecule has 0 spiro atoms. The van der Waals surface area contributed by atoms with Crippen LogP contribution in [0.1, 0.15) is 26.7 Å². The van der Waals surface area contributed by atoms with Crippen LogP contribution in [0.15, 0.2) is 18.3 Å². The van der Waals surface area contributed by atoms with Gasteiger partial charge in [-0.1, -0.05) is 0 Å². The van der Waals surface area contributed by atoms with Crippen molar-refractivity contribution in [3.05, 3.63) is 18.3 Å². The van der Waals surface area contributed by atoms with E-state index in [4.69, 9.17) is 9.47 Å². The summed E-state index contributed by atoms with van der Waals surface area (Å²) in [6, 6.07) is 4.39. The molecule has 0 saturated carbocycles. The number of ether oxygens (including phenoxy) is 2. The Morgan fingerprint density at radius 3 is 3.06 bits per heavy atom. The van der Waals surface area contributed by atoms with Gasteiger partial charge in [0.1, 0.15) is 0 Å². The number of nitrogens with zero attached hydrogens (tertiary/aromatic N) is 1. The molecule has 2 atom stereocenters. The van der Waals surface area contributed by atoms with Gasteiger partial charge in [-0.25, -0.2) is 4.98 Å². The van der Waals surface area contributed by atoms with Crippen LogP contribution in [0.2, 0.25) is 0 Å². The van der Waals surface area contributed by atoms with Crippen LogP contribution in [0.4, 0.5) is 5.69 Å². The molecule has 1 aliphatic rings. The van der Waals surface area contributed by atoms with Crippen molar-refractivity contribution in [1.29, 1.82) is 0 Å². The molecule has 1 aliphatic heterocycles. The minimum absolute atomic E-state index is 0.344. The molecule has 4 heteroatoms. The lowest BCUT2D eigenvalue weighted by molar-refractivity contribution is 0.0232. The summed E-state index contributed by atoms with van der Waals surface area (Å²) in [5.74, 6) is 0.679. The molecule has 1 aromatic heterocycles. The fraction of sp³-hybridized carbons (Fsp3) is 0.615. The molecular weight excluding hydrogens is 216 g/mol. The van der Waals surface area contributed by atoms with E-state index in [1.165, 1.54) is 0 Å². The Bertz CT molecular complexity index is 340. The maximum Gasteiger partial charge on any atom is 0.213 e. The summed E-state index contributed by atoms with van der Waals surface area (Å²) >= 11 is 0. The van der Waals surface area contributed by atoms with E-state index in [2.05, 4.69) is 17.2 Å². The third-order valence-electron chi connectivity index (χ3n) is 2.88. The van der Waals surface area contributed by atoms with Crippen LogP contribution in [-0.2, 0) is 4.74 Å². The molecule has 2 heterocycles. The lowest BCUT2D eigenvalue weighted by Gasteiger charge is -2.28. The highest BCUT2D eigenvalue weighted by Crippen LogP contribution is 2.19. The molecule has 4 nitrogen and oxygen atoms in total. The van der Waals surface area contributed by atoms with Crippen LogP contribution >= 0.6 is 0 Å². The van der Waals surface area contributed by atoms with Crippen molar-refractivity contribution in [2.24, 2.45) is 0 Å². The van der Waals surface area contributed by atoms with Crippen LogP contribution in [0, 0.1) is 0 Å². The minimum atomic E-state index is 0.344. The van der Waals surface area contributed by atoms with Crippen LogP contribution in [0.25, 0.3) is 0 Å². The van der Waals surface area contributed by atoms with Gasteiger partial charge in [0, 0.05) is 18.7 Å². The summed E-state index contributed by atoms with van der Waals surface area (Å²) in [5, 5.41) is 3.48. The number of anilines is 1. The maximum absolute atomic E-state index is 5.52. The predicted octanol–water partition coefficient (Wildman–Crippen LogP) is 2.46. The highest BCUT2D eigenvalue weighted by Gasteiger charge is 2.18. The zero-order valence-electron chi connectivity index (χ0n) is 10.5. The fourth-order valence-corrected chi connectivity index (χ4v) is 2.06. The molecule has 2 rings (SSSR count). The monoisotopic (exact) mass is 236 g/mol. The van der Waals surface area contributed by atoms with Gasteiger partial charge < -0.3 is 14.8 Å². The highest BCUT2D eigenvalue weighted by molar-refractivity contribution is 5.43. The van der Waals surface area contributed by atoms with E-state index in [0.29, 0.717) is 24.6 Å². The predicted molar refractivity (Wildman–Crippen MR) is 67.5 cm³/mol. The van der Waals surface area contributed by atoms with Gasteiger partial charge in [0.2, 0.25) is 5.88 Å². The summed E-state index contributed by atoms with van der Waals surface area (Å²) in [4.78, 5) is 4.24. The van der Waals surface area contributed by atoms with Crippen LogP contribution in [0.3, 0.4) is 0 Å². The van der Waals surface area contributed by atoms with Gasteiger partial charge in [0.25, 0.3) is 0 Å².